The second-order valence-corrected chi connectivity index (χ2v) is 5.44. The highest BCUT2D eigenvalue weighted by Gasteiger charge is 2.30. The SMILES string of the molecule is Cc1cc(N)c(N2CC(Cl)CC2=O)cc1Br. The average Bonchev–Trinajstić information content (AvgIpc) is 2.51. The molecule has 0 bridgehead atoms. The first kappa shape index (κ1) is 11.7. The van der Waals surface area contributed by atoms with Crippen molar-refractivity contribution in [2.75, 3.05) is 17.2 Å². The van der Waals surface area contributed by atoms with Crippen LogP contribution in [0.4, 0.5) is 11.4 Å². The Morgan fingerprint density at radius 3 is 2.81 bits per heavy atom. The maximum atomic E-state index is 11.7. The lowest BCUT2D eigenvalue weighted by Gasteiger charge is -2.19. The molecule has 1 atom stereocenters. The number of amides is 1. The van der Waals surface area contributed by atoms with Gasteiger partial charge in [0.05, 0.1) is 16.8 Å². The molecule has 2 N–H and O–H groups in total. The minimum atomic E-state index is -0.119. The van der Waals surface area contributed by atoms with Gasteiger partial charge in [0.2, 0.25) is 5.91 Å². The third-order valence-electron chi connectivity index (χ3n) is 2.68. The first-order valence-corrected chi connectivity index (χ1v) is 6.22. The van der Waals surface area contributed by atoms with Gasteiger partial charge in [-0.1, -0.05) is 15.9 Å². The molecule has 0 radical (unpaired) electrons. The summed E-state index contributed by atoms with van der Waals surface area (Å²) in [4.78, 5) is 13.4. The fourth-order valence-electron chi connectivity index (χ4n) is 1.82. The molecule has 1 fully saturated rings. The number of carbonyl (C=O) groups is 1. The van der Waals surface area contributed by atoms with Crippen molar-refractivity contribution in [3.05, 3.63) is 22.2 Å². The van der Waals surface area contributed by atoms with Crippen LogP contribution in [0.3, 0.4) is 0 Å². The van der Waals surface area contributed by atoms with Crippen LogP contribution in [0.5, 0.6) is 0 Å². The third kappa shape index (κ3) is 2.04. The van der Waals surface area contributed by atoms with Gasteiger partial charge in [-0.2, -0.15) is 0 Å². The molecule has 1 unspecified atom stereocenters. The van der Waals surface area contributed by atoms with Crippen molar-refractivity contribution in [1.82, 2.24) is 0 Å². The van der Waals surface area contributed by atoms with Crippen molar-refractivity contribution in [2.45, 2.75) is 18.7 Å². The summed E-state index contributed by atoms with van der Waals surface area (Å²) in [7, 11) is 0. The smallest absolute Gasteiger partial charge is 0.228 e. The molecule has 0 aliphatic carbocycles. The summed E-state index contributed by atoms with van der Waals surface area (Å²) in [5.41, 5.74) is 8.32. The molecule has 0 saturated carbocycles. The second kappa shape index (κ2) is 4.26. The van der Waals surface area contributed by atoms with Gasteiger partial charge in [-0.15, -0.1) is 11.6 Å². The molecule has 1 aromatic carbocycles. The predicted octanol–water partition coefficient (Wildman–Crippen LogP) is 2.68. The quantitative estimate of drug-likeness (QED) is 0.640. The zero-order valence-electron chi connectivity index (χ0n) is 8.84. The summed E-state index contributed by atoms with van der Waals surface area (Å²) in [6, 6.07) is 3.73. The highest BCUT2D eigenvalue weighted by Crippen LogP contribution is 2.33. The number of benzene rings is 1. The average molecular weight is 304 g/mol. The van der Waals surface area contributed by atoms with Crippen LogP contribution in [-0.2, 0) is 4.79 Å². The topological polar surface area (TPSA) is 46.3 Å². The van der Waals surface area contributed by atoms with Crippen LogP contribution in [0.15, 0.2) is 16.6 Å². The predicted molar refractivity (Wildman–Crippen MR) is 69.9 cm³/mol. The molecule has 1 heterocycles. The van der Waals surface area contributed by atoms with Crippen molar-refractivity contribution in [3.63, 3.8) is 0 Å². The van der Waals surface area contributed by atoms with Gasteiger partial charge in [0.1, 0.15) is 0 Å². The van der Waals surface area contributed by atoms with E-state index in [-0.39, 0.29) is 11.3 Å². The van der Waals surface area contributed by atoms with E-state index in [0.29, 0.717) is 18.7 Å². The summed E-state index contributed by atoms with van der Waals surface area (Å²) in [5.74, 6) is 0.0300. The van der Waals surface area contributed by atoms with Crippen molar-refractivity contribution in [2.24, 2.45) is 0 Å². The molecule has 16 heavy (non-hydrogen) atoms. The van der Waals surface area contributed by atoms with Crippen LogP contribution in [0.1, 0.15) is 12.0 Å². The van der Waals surface area contributed by atoms with Gasteiger partial charge in [-0.25, -0.2) is 0 Å². The Balaban J connectivity index is 2.41. The first-order chi connectivity index (χ1) is 7.49. The Labute approximate surface area is 108 Å². The molecule has 5 heteroatoms. The zero-order chi connectivity index (χ0) is 11.9. The van der Waals surface area contributed by atoms with Gasteiger partial charge in [-0.05, 0) is 24.6 Å². The van der Waals surface area contributed by atoms with E-state index in [1.807, 2.05) is 19.1 Å². The van der Waals surface area contributed by atoms with E-state index >= 15 is 0 Å². The van der Waals surface area contributed by atoms with Crippen LogP contribution in [-0.4, -0.2) is 17.8 Å². The van der Waals surface area contributed by atoms with E-state index in [0.717, 1.165) is 15.7 Å². The molecule has 2 rings (SSSR count). The van der Waals surface area contributed by atoms with Crippen molar-refractivity contribution in [3.8, 4) is 0 Å². The number of nitrogens with two attached hydrogens (primary N) is 1. The number of rotatable bonds is 1. The van der Waals surface area contributed by atoms with E-state index < -0.39 is 0 Å². The Hall–Kier alpha value is -0.740. The molecule has 1 aliphatic heterocycles. The monoisotopic (exact) mass is 302 g/mol. The van der Waals surface area contributed by atoms with E-state index in [4.69, 9.17) is 17.3 Å². The number of alkyl halides is 1. The lowest BCUT2D eigenvalue weighted by Crippen LogP contribution is -2.25. The molecule has 1 saturated heterocycles. The minimum Gasteiger partial charge on any atom is -0.397 e. The van der Waals surface area contributed by atoms with Crippen molar-refractivity contribution >= 4 is 44.8 Å². The lowest BCUT2D eigenvalue weighted by atomic mass is 10.2. The van der Waals surface area contributed by atoms with E-state index in [2.05, 4.69) is 15.9 Å². The highest BCUT2D eigenvalue weighted by molar-refractivity contribution is 9.10. The second-order valence-electron chi connectivity index (χ2n) is 3.97. The van der Waals surface area contributed by atoms with Crippen LogP contribution in [0.2, 0.25) is 0 Å². The van der Waals surface area contributed by atoms with E-state index in [1.54, 1.807) is 4.90 Å². The number of carbonyl (C=O) groups excluding carboxylic acids is 1. The van der Waals surface area contributed by atoms with Gasteiger partial charge >= 0.3 is 0 Å². The molecule has 3 nitrogen and oxygen atoms in total. The van der Waals surface area contributed by atoms with Gasteiger partial charge in [0, 0.05) is 17.4 Å². The molecule has 1 amide bonds. The lowest BCUT2D eigenvalue weighted by molar-refractivity contribution is -0.117. The first-order valence-electron chi connectivity index (χ1n) is 4.99. The number of halogens is 2. The Kier molecular flexibility index (Phi) is 3.13. The number of hydrogen-bond acceptors (Lipinski definition) is 2. The Morgan fingerprint density at radius 1 is 1.56 bits per heavy atom. The van der Waals surface area contributed by atoms with E-state index in [1.165, 1.54) is 0 Å². The number of nitrogens with zero attached hydrogens (tertiary/aromatic N) is 1. The van der Waals surface area contributed by atoms with Crippen LogP contribution < -0.4 is 10.6 Å². The number of anilines is 2. The summed E-state index contributed by atoms with van der Waals surface area (Å²) in [6.45, 7) is 2.49. The summed E-state index contributed by atoms with van der Waals surface area (Å²) in [6.07, 6.45) is 0.381. The summed E-state index contributed by atoms with van der Waals surface area (Å²) in [5, 5.41) is -0.119. The molecule has 1 aliphatic rings. The minimum absolute atomic E-state index is 0.0300. The molecular weight excluding hydrogens is 291 g/mol. The molecule has 0 aromatic heterocycles. The summed E-state index contributed by atoms with van der Waals surface area (Å²) < 4.78 is 0.947. The van der Waals surface area contributed by atoms with Crippen molar-refractivity contribution in [1.29, 1.82) is 0 Å². The Morgan fingerprint density at radius 2 is 2.25 bits per heavy atom. The standard InChI is InChI=1S/C11H12BrClN2O/c1-6-2-9(14)10(4-8(6)12)15-5-7(13)3-11(15)16/h2,4,7H,3,5,14H2,1H3. The maximum Gasteiger partial charge on any atom is 0.228 e. The van der Waals surface area contributed by atoms with Crippen LogP contribution >= 0.6 is 27.5 Å². The molecule has 0 spiro atoms. The molecule has 1 aromatic rings. The van der Waals surface area contributed by atoms with E-state index in [9.17, 15) is 4.79 Å². The maximum absolute atomic E-state index is 11.7. The van der Waals surface area contributed by atoms with Crippen LogP contribution in [0.25, 0.3) is 0 Å². The van der Waals surface area contributed by atoms with Crippen molar-refractivity contribution < 1.29 is 4.79 Å². The zero-order valence-corrected chi connectivity index (χ0v) is 11.2. The van der Waals surface area contributed by atoms with Gasteiger partial charge in [-0.3, -0.25) is 4.79 Å². The number of aryl methyl sites for hydroxylation is 1. The van der Waals surface area contributed by atoms with Gasteiger partial charge in [0.25, 0.3) is 0 Å². The largest absolute Gasteiger partial charge is 0.397 e. The highest BCUT2D eigenvalue weighted by atomic mass is 79.9. The Bertz CT molecular complexity index is 450. The van der Waals surface area contributed by atoms with Gasteiger partial charge < -0.3 is 10.6 Å². The third-order valence-corrected chi connectivity index (χ3v) is 3.82. The fraction of sp³-hybridized carbons (Fsp3) is 0.364. The van der Waals surface area contributed by atoms with Crippen LogP contribution in [0, 0.1) is 6.92 Å². The number of hydrogen-bond donors (Lipinski definition) is 1. The van der Waals surface area contributed by atoms with Gasteiger partial charge in [0.15, 0.2) is 0 Å². The summed E-state index contributed by atoms with van der Waals surface area (Å²) >= 11 is 9.40. The molecular formula is C11H12BrClN2O. The molecule has 86 valence electrons. The number of nitrogen functional groups attached to an aromatic ring is 1. The normalized spacial score (nSPS) is 20.6. The fourth-order valence-corrected chi connectivity index (χ4v) is 2.43.